The molecule has 0 saturated heterocycles. The zero-order valence-corrected chi connectivity index (χ0v) is 15.3. The number of carbonyl (C=O) groups is 2. The van der Waals surface area contributed by atoms with Crippen molar-refractivity contribution in [1.29, 1.82) is 0 Å². The molecule has 0 bridgehead atoms. The number of anilines is 2. The zero-order valence-electron chi connectivity index (χ0n) is 14.5. The van der Waals surface area contributed by atoms with E-state index in [2.05, 4.69) is 15.6 Å². The van der Waals surface area contributed by atoms with Crippen LogP contribution >= 0.6 is 11.3 Å². The summed E-state index contributed by atoms with van der Waals surface area (Å²) >= 11 is 1.35. The number of ether oxygens (including phenoxy) is 2. The van der Waals surface area contributed by atoms with Gasteiger partial charge in [0.05, 0.1) is 28.9 Å². The monoisotopic (exact) mass is 383 g/mol. The number of hydrogen-bond acceptors (Lipinski definition) is 6. The van der Waals surface area contributed by atoms with E-state index in [0.717, 1.165) is 16.0 Å². The van der Waals surface area contributed by atoms with Crippen LogP contribution in [0.1, 0.15) is 13.3 Å². The number of hydrogen-bond donors (Lipinski definition) is 2. The van der Waals surface area contributed by atoms with Gasteiger partial charge in [-0.25, -0.2) is 4.98 Å². The standard InChI is InChI=1S/C19H17N3O4S/c1-2-25-11-7-8-13-16(9-11)27-19(21-13)22-17(23)10-15-18(24)20-12-5-3-4-6-14(12)26-15/h3-9,15H,2,10H2,1H3,(H,20,24)(H,21,22,23)/t15-/m1/s1. The van der Waals surface area contributed by atoms with Gasteiger partial charge in [-0.05, 0) is 37.3 Å². The summed E-state index contributed by atoms with van der Waals surface area (Å²) in [6, 6.07) is 12.7. The van der Waals surface area contributed by atoms with Crippen molar-refractivity contribution < 1.29 is 19.1 Å². The fourth-order valence-electron chi connectivity index (χ4n) is 2.78. The Morgan fingerprint density at radius 2 is 2.19 bits per heavy atom. The van der Waals surface area contributed by atoms with E-state index >= 15 is 0 Å². The van der Waals surface area contributed by atoms with Gasteiger partial charge in [-0.2, -0.15) is 0 Å². The van der Waals surface area contributed by atoms with Gasteiger partial charge in [-0.1, -0.05) is 23.5 Å². The van der Waals surface area contributed by atoms with Crippen LogP contribution in [0.4, 0.5) is 10.8 Å². The molecule has 3 aromatic rings. The van der Waals surface area contributed by atoms with Crippen LogP contribution in [0, 0.1) is 0 Å². The molecular weight excluding hydrogens is 366 g/mol. The van der Waals surface area contributed by atoms with Crippen LogP contribution in [-0.4, -0.2) is 29.5 Å². The summed E-state index contributed by atoms with van der Waals surface area (Å²) in [5.74, 6) is 0.643. The zero-order chi connectivity index (χ0) is 18.8. The molecule has 2 N–H and O–H groups in total. The third-order valence-electron chi connectivity index (χ3n) is 3.99. The Morgan fingerprint density at radius 1 is 1.33 bits per heavy atom. The number of aromatic nitrogens is 1. The van der Waals surface area contributed by atoms with Crippen molar-refractivity contribution in [2.45, 2.75) is 19.4 Å². The van der Waals surface area contributed by atoms with Crippen molar-refractivity contribution >= 4 is 44.2 Å². The summed E-state index contributed by atoms with van der Waals surface area (Å²) < 4.78 is 12.0. The van der Waals surface area contributed by atoms with Crippen molar-refractivity contribution in [3.05, 3.63) is 42.5 Å². The number of nitrogens with one attached hydrogen (secondary N) is 2. The second-order valence-corrected chi connectivity index (χ2v) is 6.96. The number of nitrogens with zero attached hydrogens (tertiary/aromatic N) is 1. The SMILES string of the molecule is CCOc1ccc2nc(NC(=O)C[C@H]3Oc4ccccc4NC3=O)sc2c1. The molecular formula is C19H17N3O4S. The minimum Gasteiger partial charge on any atom is -0.494 e. The minimum atomic E-state index is -0.876. The fraction of sp³-hybridized carbons (Fsp3) is 0.211. The molecule has 2 heterocycles. The van der Waals surface area contributed by atoms with Gasteiger partial charge >= 0.3 is 0 Å². The molecule has 1 aliphatic heterocycles. The summed E-state index contributed by atoms with van der Waals surface area (Å²) in [6.45, 7) is 2.50. The van der Waals surface area contributed by atoms with Crippen LogP contribution in [-0.2, 0) is 9.59 Å². The molecule has 8 heteroatoms. The van der Waals surface area contributed by atoms with Crippen molar-refractivity contribution in [2.75, 3.05) is 17.2 Å². The second-order valence-electron chi connectivity index (χ2n) is 5.93. The highest BCUT2D eigenvalue weighted by molar-refractivity contribution is 7.22. The van der Waals surface area contributed by atoms with Crippen molar-refractivity contribution in [2.24, 2.45) is 0 Å². The van der Waals surface area contributed by atoms with Crippen molar-refractivity contribution in [3.8, 4) is 11.5 Å². The van der Waals surface area contributed by atoms with Crippen LogP contribution in [0.3, 0.4) is 0 Å². The van der Waals surface area contributed by atoms with Crippen molar-refractivity contribution in [3.63, 3.8) is 0 Å². The Bertz CT molecular complexity index is 1020. The van der Waals surface area contributed by atoms with Gasteiger partial charge in [0, 0.05) is 0 Å². The summed E-state index contributed by atoms with van der Waals surface area (Å²) in [5.41, 5.74) is 1.38. The third-order valence-corrected chi connectivity index (χ3v) is 4.93. The topological polar surface area (TPSA) is 89.6 Å². The lowest BCUT2D eigenvalue weighted by molar-refractivity contribution is -0.128. The van der Waals surface area contributed by atoms with Crippen LogP contribution in [0.5, 0.6) is 11.5 Å². The summed E-state index contributed by atoms with van der Waals surface area (Å²) in [5, 5.41) is 5.96. The van der Waals surface area contributed by atoms with Gasteiger partial charge in [0.25, 0.3) is 5.91 Å². The molecule has 4 rings (SSSR count). The number of fused-ring (bicyclic) bond motifs is 2. The minimum absolute atomic E-state index is 0.0969. The Kier molecular flexibility index (Phi) is 4.64. The molecule has 2 aromatic carbocycles. The third kappa shape index (κ3) is 3.70. The summed E-state index contributed by atoms with van der Waals surface area (Å²) in [6.07, 6.45) is -0.973. The molecule has 0 fully saturated rings. The van der Waals surface area contributed by atoms with E-state index in [4.69, 9.17) is 9.47 Å². The quantitative estimate of drug-likeness (QED) is 0.705. The lowest BCUT2D eigenvalue weighted by Gasteiger charge is -2.25. The number of para-hydroxylation sites is 2. The van der Waals surface area contributed by atoms with Crippen LogP contribution in [0.15, 0.2) is 42.5 Å². The number of amides is 2. The normalized spacial score (nSPS) is 15.6. The summed E-state index contributed by atoms with van der Waals surface area (Å²) in [7, 11) is 0. The first-order valence-corrected chi connectivity index (χ1v) is 9.34. The molecule has 138 valence electrons. The highest BCUT2D eigenvalue weighted by atomic mass is 32.1. The lowest BCUT2D eigenvalue weighted by Crippen LogP contribution is -2.39. The van der Waals surface area contributed by atoms with Gasteiger partial charge in [-0.15, -0.1) is 0 Å². The molecule has 7 nitrogen and oxygen atoms in total. The van der Waals surface area contributed by atoms with E-state index in [-0.39, 0.29) is 18.2 Å². The highest BCUT2D eigenvalue weighted by Crippen LogP contribution is 2.31. The van der Waals surface area contributed by atoms with E-state index in [0.29, 0.717) is 23.2 Å². The average Bonchev–Trinajstić information content (AvgIpc) is 3.04. The first-order valence-electron chi connectivity index (χ1n) is 8.52. The molecule has 2 amide bonds. The summed E-state index contributed by atoms with van der Waals surface area (Å²) in [4.78, 5) is 28.9. The predicted molar refractivity (Wildman–Crippen MR) is 104 cm³/mol. The molecule has 0 saturated carbocycles. The Hall–Kier alpha value is -3.13. The average molecular weight is 383 g/mol. The van der Waals surface area contributed by atoms with E-state index in [9.17, 15) is 9.59 Å². The molecule has 0 aliphatic carbocycles. The highest BCUT2D eigenvalue weighted by Gasteiger charge is 2.29. The van der Waals surface area contributed by atoms with Gasteiger partial charge in [0.1, 0.15) is 11.5 Å². The van der Waals surface area contributed by atoms with Gasteiger partial charge < -0.3 is 20.1 Å². The number of thiazole rings is 1. The van der Waals surface area contributed by atoms with Crippen LogP contribution in [0.25, 0.3) is 10.2 Å². The molecule has 1 atom stereocenters. The Morgan fingerprint density at radius 3 is 3.04 bits per heavy atom. The maximum Gasteiger partial charge on any atom is 0.266 e. The Balaban J connectivity index is 1.43. The fourth-order valence-corrected chi connectivity index (χ4v) is 3.69. The Labute approximate surface area is 159 Å². The molecule has 27 heavy (non-hydrogen) atoms. The molecule has 0 unspecified atom stereocenters. The van der Waals surface area contributed by atoms with E-state index in [1.807, 2.05) is 31.2 Å². The van der Waals surface area contributed by atoms with Gasteiger partial charge in [0.2, 0.25) is 5.91 Å². The number of rotatable bonds is 5. The molecule has 0 spiro atoms. The largest absolute Gasteiger partial charge is 0.494 e. The molecule has 1 aromatic heterocycles. The second kappa shape index (κ2) is 7.24. The van der Waals surface area contributed by atoms with E-state index < -0.39 is 6.10 Å². The first-order chi connectivity index (χ1) is 13.1. The van der Waals surface area contributed by atoms with Crippen molar-refractivity contribution in [1.82, 2.24) is 4.98 Å². The first kappa shape index (κ1) is 17.3. The molecule has 1 aliphatic rings. The maximum atomic E-state index is 12.4. The van der Waals surface area contributed by atoms with Gasteiger partial charge in [0.15, 0.2) is 11.2 Å². The van der Waals surface area contributed by atoms with Crippen LogP contribution < -0.4 is 20.1 Å². The van der Waals surface area contributed by atoms with Gasteiger partial charge in [-0.3, -0.25) is 9.59 Å². The van der Waals surface area contributed by atoms with E-state index in [1.165, 1.54) is 11.3 Å². The van der Waals surface area contributed by atoms with E-state index in [1.54, 1.807) is 18.2 Å². The smallest absolute Gasteiger partial charge is 0.266 e. The predicted octanol–water partition coefficient (Wildman–Crippen LogP) is 3.42. The number of carbonyl (C=O) groups excluding carboxylic acids is 2. The van der Waals surface area contributed by atoms with Crippen LogP contribution in [0.2, 0.25) is 0 Å². The lowest BCUT2D eigenvalue weighted by atomic mass is 10.1. The maximum absolute atomic E-state index is 12.4. The number of benzene rings is 2. The molecule has 0 radical (unpaired) electrons.